The normalized spacial score (nSPS) is 10.2. The average Bonchev–Trinajstić information content (AvgIpc) is 2.28. The third-order valence-corrected chi connectivity index (χ3v) is 2.34. The van der Waals surface area contributed by atoms with E-state index in [-0.39, 0.29) is 0 Å². The van der Waals surface area contributed by atoms with Crippen molar-refractivity contribution in [1.29, 1.82) is 0 Å². The molecule has 1 N–H and O–H groups in total. The van der Waals surface area contributed by atoms with Gasteiger partial charge in [0.15, 0.2) is 0 Å². The molecule has 0 unspecified atom stereocenters. The Bertz CT molecular complexity index is 489. The van der Waals surface area contributed by atoms with Crippen LogP contribution in [-0.4, -0.2) is 11.5 Å². The van der Waals surface area contributed by atoms with Crippen molar-refractivity contribution >= 4 is 22.8 Å². The first-order chi connectivity index (χ1) is 7.35. The molecule has 0 atom stereocenters. The van der Waals surface area contributed by atoms with Crippen molar-refractivity contribution in [3.05, 3.63) is 42.5 Å². The minimum Gasteiger partial charge on any atom is -0.370 e. The number of pyridine rings is 1. The second kappa shape index (κ2) is 4.13. The van der Waals surface area contributed by atoms with Gasteiger partial charge < -0.3 is 5.32 Å². The molecule has 1 aromatic heterocycles. The summed E-state index contributed by atoms with van der Waals surface area (Å²) in [6.07, 6.45) is 1.86. The summed E-state index contributed by atoms with van der Waals surface area (Å²) in [5.41, 5.74) is 2.13. The molecule has 15 heavy (non-hydrogen) atoms. The molecule has 0 saturated carbocycles. The van der Waals surface area contributed by atoms with Crippen LogP contribution in [0.4, 0.5) is 5.82 Å². The standard InChI is InChI=1S/C13H14N2/c1-3-10-6-5-7-12-11(10)8-9-13(15-12)14-4-2/h3,5-9H,1,4H2,2H3,(H,14,15). The van der Waals surface area contributed by atoms with Crippen molar-refractivity contribution in [1.82, 2.24) is 4.98 Å². The van der Waals surface area contributed by atoms with E-state index in [0.29, 0.717) is 0 Å². The van der Waals surface area contributed by atoms with E-state index in [4.69, 9.17) is 0 Å². The van der Waals surface area contributed by atoms with Crippen molar-refractivity contribution in [2.75, 3.05) is 11.9 Å². The van der Waals surface area contributed by atoms with Gasteiger partial charge in [0.2, 0.25) is 0 Å². The summed E-state index contributed by atoms with van der Waals surface area (Å²) < 4.78 is 0. The molecule has 0 fully saturated rings. The summed E-state index contributed by atoms with van der Waals surface area (Å²) in [6, 6.07) is 10.1. The highest BCUT2D eigenvalue weighted by molar-refractivity contribution is 5.88. The Morgan fingerprint density at radius 2 is 2.20 bits per heavy atom. The number of rotatable bonds is 3. The van der Waals surface area contributed by atoms with E-state index in [9.17, 15) is 0 Å². The molecule has 0 aliphatic rings. The lowest BCUT2D eigenvalue weighted by molar-refractivity contribution is 1.17. The average molecular weight is 198 g/mol. The Morgan fingerprint density at radius 3 is 2.93 bits per heavy atom. The van der Waals surface area contributed by atoms with Crippen molar-refractivity contribution in [2.45, 2.75) is 6.92 Å². The molecule has 1 aromatic carbocycles. The van der Waals surface area contributed by atoms with Crippen LogP contribution in [0.15, 0.2) is 36.9 Å². The van der Waals surface area contributed by atoms with E-state index >= 15 is 0 Å². The van der Waals surface area contributed by atoms with Gasteiger partial charge in [-0.05, 0) is 30.7 Å². The molecular formula is C13H14N2. The Kier molecular flexibility index (Phi) is 2.68. The lowest BCUT2D eigenvalue weighted by Crippen LogP contribution is -1.98. The summed E-state index contributed by atoms with van der Waals surface area (Å²) in [7, 11) is 0. The van der Waals surface area contributed by atoms with Gasteiger partial charge in [-0.25, -0.2) is 4.98 Å². The van der Waals surface area contributed by atoms with Crippen LogP contribution >= 0.6 is 0 Å². The van der Waals surface area contributed by atoms with Crippen LogP contribution in [0.25, 0.3) is 17.0 Å². The van der Waals surface area contributed by atoms with Crippen LogP contribution < -0.4 is 5.32 Å². The third-order valence-electron chi connectivity index (χ3n) is 2.34. The first kappa shape index (κ1) is 9.71. The molecule has 2 rings (SSSR count). The van der Waals surface area contributed by atoms with Crippen molar-refractivity contribution in [3.8, 4) is 0 Å². The smallest absolute Gasteiger partial charge is 0.126 e. The first-order valence-corrected chi connectivity index (χ1v) is 5.11. The zero-order valence-electron chi connectivity index (χ0n) is 8.83. The van der Waals surface area contributed by atoms with Gasteiger partial charge in [-0.1, -0.05) is 24.8 Å². The summed E-state index contributed by atoms with van der Waals surface area (Å²) in [5.74, 6) is 0.922. The molecule has 2 nitrogen and oxygen atoms in total. The van der Waals surface area contributed by atoms with Gasteiger partial charge in [0.25, 0.3) is 0 Å². The Labute approximate surface area is 89.7 Å². The summed E-state index contributed by atoms with van der Waals surface area (Å²) in [4.78, 5) is 4.51. The second-order valence-electron chi connectivity index (χ2n) is 3.34. The van der Waals surface area contributed by atoms with E-state index in [1.807, 2.05) is 30.3 Å². The van der Waals surface area contributed by atoms with Crippen molar-refractivity contribution in [2.24, 2.45) is 0 Å². The quantitative estimate of drug-likeness (QED) is 0.818. The molecule has 0 spiro atoms. The molecule has 0 radical (unpaired) electrons. The number of nitrogens with zero attached hydrogens (tertiary/aromatic N) is 1. The zero-order chi connectivity index (χ0) is 10.7. The maximum Gasteiger partial charge on any atom is 0.126 e. The van der Waals surface area contributed by atoms with Gasteiger partial charge in [-0.3, -0.25) is 0 Å². The van der Waals surface area contributed by atoms with Gasteiger partial charge >= 0.3 is 0 Å². The van der Waals surface area contributed by atoms with Crippen LogP contribution in [0.3, 0.4) is 0 Å². The number of nitrogens with one attached hydrogen (secondary N) is 1. The van der Waals surface area contributed by atoms with Gasteiger partial charge in [-0.15, -0.1) is 0 Å². The zero-order valence-corrected chi connectivity index (χ0v) is 8.83. The molecule has 76 valence electrons. The Hall–Kier alpha value is -1.83. The van der Waals surface area contributed by atoms with Crippen LogP contribution in [0, 0.1) is 0 Å². The predicted molar refractivity (Wildman–Crippen MR) is 66.0 cm³/mol. The molecule has 0 saturated heterocycles. The summed E-state index contributed by atoms with van der Waals surface area (Å²) in [6.45, 7) is 6.75. The van der Waals surface area contributed by atoms with E-state index in [0.717, 1.165) is 28.8 Å². The monoisotopic (exact) mass is 198 g/mol. The number of benzene rings is 1. The number of anilines is 1. The molecule has 0 amide bonds. The topological polar surface area (TPSA) is 24.9 Å². The number of hydrogen-bond donors (Lipinski definition) is 1. The van der Waals surface area contributed by atoms with Crippen molar-refractivity contribution in [3.63, 3.8) is 0 Å². The molecule has 2 heteroatoms. The maximum atomic E-state index is 4.51. The number of aromatic nitrogens is 1. The third kappa shape index (κ3) is 1.84. The molecule has 0 bridgehead atoms. The maximum absolute atomic E-state index is 4.51. The summed E-state index contributed by atoms with van der Waals surface area (Å²) in [5, 5.41) is 4.35. The fourth-order valence-electron chi connectivity index (χ4n) is 1.64. The molecular weight excluding hydrogens is 184 g/mol. The van der Waals surface area contributed by atoms with E-state index in [1.54, 1.807) is 0 Å². The molecule has 1 heterocycles. The van der Waals surface area contributed by atoms with E-state index in [1.165, 1.54) is 0 Å². The largest absolute Gasteiger partial charge is 0.370 e. The lowest BCUT2D eigenvalue weighted by atomic mass is 10.1. The first-order valence-electron chi connectivity index (χ1n) is 5.11. The van der Waals surface area contributed by atoms with Gasteiger partial charge in [0.1, 0.15) is 5.82 Å². The number of fused-ring (bicyclic) bond motifs is 1. The minimum absolute atomic E-state index is 0.889. The Morgan fingerprint density at radius 1 is 1.33 bits per heavy atom. The SMILES string of the molecule is C=Cc1cccc2nc(NCC)ccc12. The number of hydrogen-bond acceptors (Lipinski definition) is 2. The fourth-order valence-corrected chi connectivity index (χ4v) is 1.64. The van der Waals surface area contributed by atoms with Gasteiger partial charge in [0.05, 0.1) is 5.52 Å². The highest BCUT2D eigenvalue weighted by Crippen LogP contribution is 2.19. The van der Waals surface area contributed by atoms with Crippen molar-refractivity contribution < 1.29 is 0 Å². The van der Waals surface area contributed by atoms with E-state index < -0.39 is 0 Å². The fraction of sp³-hybridized carbons (Fsp3) is 0.154. The van der Waals surface area contributed by atoms with Crippen LogP contribution in [0.5, 0.6) is 0 Å². The molecule has 2 aromatic rings. The highest BCUT2D eigenvalue weighted by atomic mass is 15.0. The van der Waals surface area contributed by atoms with Gasteiger partial charge in [-0.2, -0.15) is 0 Å². The lowest BCUT2D eigenvalue weighted by Gasteiger charge is -2.05. The highest BCUT2D eigenvalue weighted by Gasteiger charge is 1.99. The second-order valence-corrected chi connectivity index (χ2v) is 3.34. The summed E-state index contributed by atoms with van der Waals surface area (Å²) >= 11 is 0. The molecule has 0 aliphatic carbocycles. The van der Waals surface area contributed by atoms with E-state index in [2.05, 4.69) is 29.9 Å². The minimum atomic E-state index is 0.889. The predicted octanol–water partition coefficient (Wildman–Crippen LogP) is 3.31. The van der Waals surface area contributed by atoms with Crippen LogP contribution in [-0.2, 0) is 0 Å². The van der Waals surface area contributed by atoms with Crippen LogP contribution in [0.1, 0.15) is 12.5 Å². The van der Waals surface area contributed by atoms with Crippen LogP contribution in [0.2, 0.25) is 0 Å². The Balaban J connectivity index is 2.58. The molecule has 0 aliphatic heterocycles. The van der Waals surface area contributed by atoms with Gasteiger partial charge in [0, 0.05) is 11.9 Å².